The zero-order chi connectivity index (χ0) is 19.2. The lowest BCUT2D eigenvalue weighted by Gasteiger charge is -2.23. The summed E-state index contributed by atoms with van der Waals surface area (Å²) in [5.41, 5.74) is -0.206. The Labute approximate surface area is 147 Å². The van der Waals surface area contributed by atoms with Gasteiger partial charge in [0.2, 0.25) is 0 Å². The fourth-order valence-corrected chi connectivity index (χ4v) is 2.48. The molecule has 0 saturated heterocycles. The Hall–Kier alpha value is -2.50. The van der Waals surface area contributed by atoms with E-state index in [-0.39, 0.29) is 17.0 Å². The molecule has 0 aliphatic carbocycles. The number of carbonyl (C=O) groups is 2. The second kappa shape index (κ2) is 6.10. The van der Waals surface area contributed by atoms with Gasteiger partial charge in [0.25, 0.3) is 0 Å². The second-order valence-corrected chi connectivity index (χ2v) is 8.01. The minimum Gasteiger partial charge on any atom is -0.494 e. The number of ether oxygens (including phenoxy) is 2. The molecule has 0 saturated carbocycles. The van der Waals surface area contributed by atoms with Crippen molar-refractivity contribution in [3.8, 4) is 5.88 Å². The van der Waals surface area contributed by atoms with Gasteiger partial charge < -0.3 is 19.6 Å². The summed E-state index contributed by atoms with van der Waals surface area (Å²) in [5, 5.41) is 10.4. The largest absolute Gasteiger partial charge is 0.494 e. The lowest BCUT2D eigenvalue weighted by atomic mass is 9.99. The van der Waals surface area contributed by atoms with Gasteiger partial charge in [-0.1, -0.05) is 0 Å². The molecule has 6 heteroatoms. The maximum atomic E-state index is 12.8. The molecule has 0 aliphatic rings. The predicted octanol–water partition coefficient (Wildman–Crippen LogP) is 4.09. The van der Waals surface area contributed by atoms with Crippen molar-refractivity contribution in [1.29, 1.82) is 0 Å². The summed E-state index contributed by atoms with van der Waals surface area (Å²) in [5.74, 6) is -1.31. The highest BCUT2D eigenvalue weighted by Gasteiger charge is 2.29. The summed E-state index contributed by atoms with van der Waals surface area (Å²) in [4.78, 5) is 28.2. The molecule has 0 atom stereocenters. The van der Waals surface area contributed by atoms with Gasteiger partial charge in [0.15, 0.2) is 5.88 Å². The first kappa shape index (κ1) is 18.8. The van der Waals surface area contributed by atoms with Gasteiger partial charge in [0.1, 0.15) is 11.2 Å². The number of aromatic nitrogens is 1. The zero-order valence-corrected chi connectivity index (χ0v) is 15.7. The third-order valence-electron chi connectivity index (χ3n) is 3.41. The molecular formula is C19H25NO5. The van der Waals surface area contributed by atoms with Gasteiger partial charge in [-0.15, -0.1) is 0 Å². The van der Waals surface area contributed by atoms with Crippen molar-refractivity contribution in [3.05, 3.63) is 28.8 Å². The number of fused-ring (bicyclic) bond motifs is 1. The van der Waals surface area contributed by atoms with E-state index in [9.17, 15) is 14.7 Å². The van der Waals surface area contributed by atoms with E-state index < -0.39 is 23.1 Å². The van der Waals surface area contributed by atoms with E-state index in [0.29, 0.717) is 16.5 Å². The zero-order valence-electron chi connectivity index (χ0n) is 15.7. The van der Waals surface area contributed by atoms with Crippen LogP contribution in [-0.4, -0.2) is 33.2 Å². The molecule has 0 radical (unpaired) electrons. The lowest BCUT2D eigenvalue weighted by molar-refractivity contribution is 0.00205. The molecule has 0 fully saturated rings. The molecule has 0 spiro atoms. The molecule has 2 aromatic rings. The highest BCUT2D eigenvalue weighted by Crippen LogP contribution is 2.33. The number of aromatic hydroxyl groups is 1. The lowest BCUT2D eigenvalue weighted by Crippen LogP contribution is -2.28. The molecule has 1 aromatic heterocycles. The minimum absolute atomic E-state index is 0.0545. The standard InChI is InChI=1S/C19H25NO5/c1-10-13-12(20-15(10)21)9-8-11(16(22)24-18(2,3)4)14(13)17(23)25-19(5,6)7/h8-9,20-21H,1-7H3. The summed E-state index contributed by atoms with van der Waals surface area (Å²) in [6, 6.07) is 3.14. The molecule has 0 amide bonds. The van der Waals surface area contributed by atoms with Crippen LogP contribution in [0.3, 0.4) is 0 Å². The monoisotopic (exact) mass is 347 g/mol. The van der Waals surface area contributed by atoms with Crippen LogP contribution in [0.25, 0.3) is 10.9 Å². The van der Waals surface area contributed by atoms with Crippen molar-refractivity contribution in [2.24, 2.45) is 0 Å². The second-order valence-electron chi connectivity index (χ2n) is 8.01. The molecule has 2 N–H and O–H groups in total. The Balaban J connectivity index is 2.69. The summed E-state index contributed by atoms with van der Waals surface area (Å²) in [6.45, 7) is 12.2. The number of rotatable bonds is 2. The maximum absolute atomic E-state index is 12.8. The molecule has 136 valence electrons. The van der Waals surface area contributed by atoms with Crippen LogP contribution in [0, 0.1) is 6.92 Å². The molecule has 1 heterocycles. The van der Waals surface area contributed by atoms with E-state index in [4.69, 9.17) is 9.47 Å². The van der Waals surface area contributed by atoms with Gasteiger partial charge in [-0.2, -0.15) is 0 Å². The van der Waals surface area contributed by atoms with E-state index in [0.717, 1.165) is 0 Å². The summed E-state index contributed by atoms with van der Waals surface area (Å²) >= 11 is 0. The van der Waals surface area contributed by atoms with Crippen molar-refractivity contribution < 1.29 is 24.2 Å². The number of H-pyrrole nitrogens is 1. The van der Waals surface area contributed by atoms with Crippen molar-refractivity contribution in [1.82, 2.24) is 4.98 Å². The first-order valence-electron chi connectivity index (χ1n) is 8.11. The Kier molecular flexibility index (Phi) is 4.59. The van der Waals surface area contributed by atoms with Crippen molar-refractivity contribution in [3.63, 3.8) is 0 Å². The van der Waals surface area contributed by atoms with E-state index in [1.165, 1.54) is 6.07 Å². The Bertz CT molecular complexity index is 834. The van der Waals surface area contributed by atoms with Crippen LogP contribution in [0.5, 0.6) is 5.88 Å². The molecular weight excluding hydrogens is 322 g/mol. The predicted molar refractivity (Wildman–Crippen MR) is 95.0 cm³/mol. The van der Waals surface area contributed by atoms with Crippen LogP contribution < -0.4 is 0 Å². The molecule has 2 rings (SSSR count). The van der Waals surface area contributed by atoms with Crippen molar-refractivity contribution >= 4 is 22.8 Å². The summed E-state index contributed by atoms with van der Waals surface area (Å²) in [7, 11) is 0. The number of hydrogen-bond donors (Lipinski definition) is 2. The first-order chi connectivity index (χ1) is 11.3. The van der Waals surface area contributed by atoms with E-state index in [1.807, 2.05) is 0 Å². The average molecular weight is 347 g/mol. The van der Waals surface area contributed by atoms with Gasteiger partial charge >= 0.3 is 11.9 Å². The van der Waals surface area contributed by atoms with Gasteiger partial charge in [-0.3, -0.25) is 0 Å². The average Bonchev–Trinajstić information content (AvgIpc) is 2.69. The van der Waals surface area contributed by atoms with E-state index in [2.05, 4.69) is 4.98 Å². The van der Waals surface area contributed by atoms with Gasteiger partial charge in [0, 0.05) is 16.5 Å². The molecule has 25 heavy (non-hydrogen) atoms. The van der Waals surface area contributed by atoms with Crippen molar-refractivity contribution in [2.45, 2.75) is 59.7 Å². The first-order valence-corrected chi connectivity index (χ1v) is 8.11. The number of aromatic amines is 1. The van der Waals surface area contributed by atoms with Gasteiger partial charge in [0.05, 0.1) is 11.1 Å². The van der Waals surface area contributed by atoms with Crippen LogP contribution in [0.2, 0.25) is 0 Å². The molecule has 6 nitrogen and oxygen atoms in total. The number of aryl methyl sites for hydroxylation is 1. The quantitative estimate of drug-likeness (QED) is 0.799. The third-order valence-corrected chi connectivity index (χ3v) is 3.41. The van der Waals surface area contributed by atoms with E-state index in [1.54, 1.807) is 54.5 Å². The van der Waals surface area contributed by atoms with Crippen LogP contribution in [0.4, 0.5) is 0 Å². The van der Waals surface area contributed by atoms with E-state index >= 15 is 0 Å². The highest BCUT2D eigenvalue weighted by atomic mass is 16.6. The summed E-state index contributed by atoms with van der Waals surface area (Å²) in [6.07, 6.45) is 0. The maximum Gasteiger partial charge on any atom is 0.340 e. The molecule has 1 aromatic carbocycles. The minimum atomic E-state index is -0.725. The Morgan fingerprint density at radius 1 is 0.960 bits per heavy atom. The number of hydrogen-bond acceptors (Lipinski definition) is 5. The van der Waals surface area contributed by atoms with Crippen molar-refractivity contribution in [2.75, 3.05) is 0 Å². The fraction of sp³-hybridized carbons (Fsp3) is 0.474. The Morgan fingerprint density at radius 2 is 1.48 bits per heavy atom. The number of esters is 2. The number of carbonyl (C=O) groups excluding carboxylic acids is 2. The topological polar surface area (TPSA) is 88.6 Å². The molecule has 0 unspecified atom stereocenters. The molecule has 0 aliphatic heterocycles. The van der Waals surface area contributed by atoms with Gasteiger partial charge in [-0.25, -0.2) is 9.59 Å². The number of benzene rings is 1. The highest BCUT2D eigenvalue weighted by molar-refractivity contribution is 6.13. The summed E-state index contributed by atoms with van der Waals surface area (Å²) < 4.78 is 10.9. The normalized spacial score (nSPS) is 12.3. The van der Waals surface area contributed by atoms with Gasteiger partial charge in [-0.05, 0) is 60.6 Å². The fourth-order valence-electron chi connectivity index (χ4n) is 2.48. The molecule has 0 bridgehead atoms. The number of nitrogens with one attached hydrogen (secondary N) is 1. The smallest absolute Gasteiger partial charge is 0.340 e. The SMILES string of the molecule is Cc1c(O)[nH]c2ccc(C(=O)OC(C)(C)C)c(C(=O)OC(C)(C)C)c12. The Morgan fingerprint density at radius 3 is 2.00 bits per heavy atom. The van der Waals surface area contributed by atoms with Crippen LogP contribution in [-0.2, 0) is 9.47 Å². The van der Waals surface area contributed by atoms with Crippen LogP contribution >= 0.6 is 0 Å². The van der Waals surface area contributed by atoms with Crippen LogP contribution in [0.1, 0.15) is 67.8 Å². The third kappa shape index (κ3) is 4.13. The van der Waals surface area contributed by atoms with Crippen LogP contribution in [0.15, 0.2) is 12.1 Å².